The van der Waals surface area contributed by atoms with Crippen LogP contribution in [0.4, 0.5) is 17.6 Å². The van der Waals surface area contributed by atoms with Crippen LogP contribution >= 0.6 is 31.9 Å². The predicted octanol–water partition coefficient (Wildman–Crippen LogP) is 10.0. The third-order valence-corrected chi connectivity index (χ3v) is 9.54. The Hall–Kier alpha value is -6.68. The molecular weight excluding hydrogens is 988 g/mol. The number of benzene rings is 3. The average molecular weight is 1020 g/mol. The van der Waals surface area contributed by atoms with Crippen molar-refractivity contribution >= 4 is 43.8 Å². The predicted molar refractivity (Wildman–Crippen MR) is 221 cm³/mol. The van der Waals surface area contributed by atoms with Crippen LogP contribution in [0.25, 0.3) is 11.4 Å². The Kier molecular flexibility index (Phi) is 15.6. The van der Waals surface area contributed by atoms with E-state index in [1.165, 1.54) is 51.7 Å². The number of nitrogens with zero attached hydrogens (tertiary/aromatic N) is 4. The first-order chi connectivity index (χ1) is 30.3. The normalized spacial score (nSPS) is 15.4. The van der Waals surface area contributed by atoms with Crippen molar-refractivity contribution in [1.29, 1.82) is 0 Å². The molecule has 0 saturated carbocycles. The lowest BCUT2D eigenvalue weighted by Gasteiger charge is -2.27. The van der Waals surface area contributed by atoms with Crippen LogP contribution in [0.15, 0.2) is 132 Å². The fraction of sp³-hybridized carbons (Fsp3) is 0.238. The molecule has 0 bridgehead atoms. The van der Waals surface area contributed by atoms with Gasteiger partial charge < -0.3 is 47.3 Å². The van der Waals surface area contributed by atoms with Crippen LogP contribution in [0, 0.1) is 6.92 Å². The van der Waals surface area contributed by atoms with E-state index in [1.807, 2.05) is 0 Å². The van der Waals surface area contributed by atoms with Crippen molar-refractivity contribution < 1.29 is 74.5 Å². The molecule has 0 fully saturated rings. The van der Waals surface area contributed by atoms with Crippen molar-refractivity contribution in [3.05, 3.63) is 146 Å². The smallest absolute Gasteiger partial charge is 0.482 e. The van der Waals surface area contributed by atoms with Gasteiger partial charge in [0.2, 0.25) is 17.3 Å². The second-order valence-corrected chi connectivity index (χ2v) is 15.3. The van der Waals surface area contributed by atoms with E-state index in [2.05, 4.69) is 56.9 Å². The number of carbonyl (C=O) groups is 2. The lowest BCUT2D eigenvalue weighted by atomic mass is 9.80. The zero-order valence-corrected chi connectivity index (χ0v) is 37.5. The lowest BCUT2D eigenvalue weighted by Crippen LogP contribution is -2.26. The molecule has 22 heteroatoms. The number of methoxy groups -OCH3 is 3. The van der Waals surface area contributed by atoms with Gasteiger partial charge >= 0.3 is 35.9 Å². The summed E-state index contributed by atoms with van der Waals surface area (Å²) in [6, 6.07) is 16.6. The summed E-state index contributed by atoms with van der Waals surface area (Å²) in [6.45, 7) is 5.13. The van der Waals surface area contributed by atoms with E-state index in [4.69, 9.17) is 37.5 Å². The van der Waals surface area contributed by atoms with Gasteiger partial charge in [0, 0.05) is 14.5 Å². The van der Waals surface area contributed by atoms with Crippen LogP contribution in [0.5, 0.6) is 17.2 Å². The van der Waals surface area contributed by atoms with Crippen molar-refractivity contribution in [2.75, 3.05) is 21.3 Å². The molecule has 6 rings (SSSR count). The van der Waals surface area contributed by atoms with Gasteiger partial charge in [-0.2, -0.15) is 27.5 Å². The molecule has 338 valence electrons. The summed E-state index contributed by atoms with van der Waals surface area (Å²) < 4.78 is 104. The third-order valence-electron chi connectivity index (χ3n) is 8.55. The molecule has 1 unspecified atom stereocenters. The molecule has 3 aromatic carbocycles. The number of alkyl halides is 4. The maximum atomic E-state index is 14.6. The molecule has 1 aliphatic rings. The number of ether oxygens (including phenoxy) is 7. The Balaban J connectivity index is 0.000000241. The van der Waals surface area contributed by atoms with Crippen LogP contribution in [0.2, 0.25) is 0 Å². The maximum absolute atomic E-state index is 14.6. The van der Waals surface area contributed by atoms with E-state index in [1.54, 1.807) is 69.3 Å². The molecule has 0 spiro atoms. The summed E-state index contributed by atoms with van der Waals surface area (Å²) >= 11 is 6.37. The standard InChI is InChI=1S/C21H17BrF2N2O6.C21H19BrF2N2O6/c1-12-7-8-13(9-16(12)30-17(11-28-2)19(27)29-3)18-25-20(32-26-18)21(23,24)31-15-6-4-5-14(22)10-15;1-12-7-8-20(2,10-15(12)30-16(11-29-3)17(27)28)18-25-19(32-26-18)21(23,24)31-14-6-4-5-13(22)9-14/h4-11H,1-3H3;4-7,9-11H,8H2,1-3H3,(H,27,28)/b17-11-;16-11-. The Morgan fingerprint density at radius 3 is 1.94 bits per heavy atom. The van der Waals surface area contributed by atoms with Gasteiger partial charge in [0.25, 0.3) is 0 Å². The summed E-state index contributed by atoms with van der Waals surface area (Å²) in [6.07, 6.45) is -2.07. The Bertz CT molecular complexity index is 2610. The second-order valence-electron chi connectivity index (χ2n) is 13.4. The number of hydrogen-bond donors (Lipinski definition) is 1. The average Bonchev–Trinajstić information content (AvgIpc) is 3.96. The number of carbonyl (C=O) groups excluding carboxylic acids is 1. The lowest BCUT2D eigenvalue weighted by molar-refractivity contribution is -0.204. The van der Waals surface area contributed by atoms with Crippen molar-refractivity contribution in [3.8, 4) is 28.6 Å². The zero-order chi connectivity index (χ0) is 46.8. The van der Waals surface area contributed by atoms with Gasteiger partial charge in [0.1, 0.15) is 35.5 Å². The van der Waals surface area contributed by atoms with E-state index < -0.39 is 47.1 Å². The number of aliphatic carboxylic acids is 1. The van der Waals surface area contributed by atoms with E-state index in [0.717, 1.165) is 12.5 Å². The SMILES string of the molecule is CO/C=C(\OC1=CC(C)(c2noc(C(F)(F)Oc3cccc(Br)c3)n2)CC=C1C)C(=O)O.CO/C=C(\Oc1cc(-c2noc(C(F)(F)Oc3cccc(Br)c3)n2)ccc1C)C(=O)OC. The van der Waals surface area contributed by atoms with Crippen LogP contribution in [-0.4, -0.2) is 58.7 Å². The number of carboxylic acids is 1. The fourth-order valence-electron chi connectivity index (χ4n) is 5.30. The molecule has 0 aliphatic heterocycles. The largest absolute Gasteiger partial charge is 0.500 e. The first kappa shape index (κ1) is 48.4. The summed E-state index contributed by atoms with van der Waals surface area (Å²) in [4.78, 5) is 30.8. The van der Waals surface area contributed by atoms with Gasteiger partial charge in [0.05, 0.1) is 26.7 Å². The van der Waals surface area contributed by atoms with Crippen LogP contribution in [0.1, 0.15) is 43.4 Å². The molecule has 5 aromatic rings. The first-order valence-electron chi connectivity index (χ1n) is 18.2. The van der Waals surface area contributed by atoms with Gasteiger partial charge in [-0.3, -0.25) is 0 Å². The molecule has 2 aromatic heterocycles. The molecule has 2 heterocycles. The van der Waals surface area contributed by atoms with Gasteiger partial charge in [-0.1, -0.05) is 72.5 Å². The summed E-state index contributed by atoms with van der Waals surface area (Å²) in [5.41, 5.74) is 0.601. The van der Waals surface area contributed by atoms with Gasteiger partial charge in [-0.25, -0.2) is 9.59 Å². The Morgan fingerprint density at radius 1 is 0.797 bits per heavy atom. The van der Waals surface area contributed by atoms with Crippen molar-refractivity contribution in [2.24, 2.45) is 0 Å². The quantitative estimate of drug-likeness (QED) is 0.0424. The number of aryl methyl sites for hydroxylation is 1. The number of aromatic nitrogens is 4. The van der Waals surface area contributed by atoms with Crippen LogP contribution in [-0.2, 0) is 46.2 Å². The number of hydrogen-bond acceptors (Lipinski definition) is 15. The second kappa shape index (κ2) is 20.7. The Labute approximate surface area is 378 Å². The highest BCUT2D eigenvalue weighted by Crippen LogP contribution is 2.39. The molecule has 16 nitrogen and oxygen atoms in total. The van der Waals surface area contributed by atoms with Gasteiger partial charge in [-0.05, 0) is 86.9 Å². The van der Waals surface area contributed by atoms with E-state index >= 15 is 0 Å². The highest BCUT2D eigenvalue weighted by Gasteiger charge is 2.45. The summed E-state index contributed by atoms with van der Waals surface area (Å²) in [5.74, 6) is -4.69. The van der Waals surface area contributed by atoms with Gasteiger partial charge in [-0.15, -0.1) is 0 Å². The maximum Gasteiger partial charge on any atom is 0.482 e. The number of esters is 1. The van der Waals surface area contributed by atoms with E-state index in [9.17, 15) is 32.3 Å². The molecule has 1 atom stereocenters. The first-order valence-corrected chi connectivity index (χ1v) is 19.8. The fourth-order valence-corrected chi connectivity index (χ4v) is 6.06. The minimum absolute atomic E-state index is 0.0394. The zero-order valence-electron chi connectivity index (χ0n) is 34.4. The minimum Gasteiger partial charge on any atom is -0.500 e. The number of carboxylic acid groups (broad SMARTS) is 1. The topological polar surface area (TPSA) is 197 Å². The highest BCUT2D eigenvalue weighted by molar-refractivity contribution is 9.10. The molecule has 0 radical (unpaired) electrons. The van der Waals surface area contributed by atoms with E-state index in [-0.39, 0.29) is 40.4 Å². The summed E-state index contributed by atoms with van der Waals surface area (Å²) in [7, 11) is 3.81. The number of rotatable bonds is 16. The monoisotopic (exact) mass is 1020 g/mol. The molecule has 64 heavy (non-hydrogen) atoms. The van der Waals surface area contributed by atoms with E-state index in [0.29, 0.717) is 32.1 Å². The van der Waals surface area contributed by atoms with Gasteiger partial charge in [0.15, 0.2) is 5.82 Å². The molecule has 0 saturated heterocycles. The Morgan fingerprint density at radius 2 is 1.38 bits per heavy atom. The molecular formula is C42H36Br2F4N4O12. The molecule has 1 N–H and O–H groups in total. The van der Waals surface area contributed by atoms with Crippen LogP contribution in [0.3, 0.4) is 0 Å². The number of halogens is 6. The molecule has 0 amide bonds. The van der Waals surface area contributed by atoms with Crippen molar-refractivity contribution in [3.63, 3.8) is 0 Å². The van der Waals surface area contributed by atoms with Crippen molar-refractivity contribution in [2.45, 2.75) is 44.8 Å². The van der Waals surface area contributed by atoms with Crippen molar-refractivity contribution in [1.82, 2.24) is 20.3 Å². The number of allylic oxidation sites excluding steroid dienone is 3. The highest BCUT2D eigenvalue weighted by atomic mass is 79.9. The minimum atomic E-state index is -3.87. The molecule has 1 aliphatic carbocycles. The summed E-state index contributed by atoms with van der Waals surface area (Å²) in [5, 5.41) is 16.6. The third kappa shape index (κ3) is 12.3. The van der Waals surface area contributed by atoms with Crippen LogP contribution < -0.4 is 14.2 Å².